The minimum atomic E-state index is -0.0595. The summed E-state index contributed by atoms with van der Waals surface area (Å²) in [6, 6.07) is 21.3. The summed E-state index contributed by atoms with van der Waals surface area (Å²) in [4.78, 5) is 17.5. The van der Waals surface area contributed by atoms with Crippen molar-refractivity contribution in [1.29, 1.82) is 0 Å². The molecule has 0 fully saturated rings. The maximum absolute atomic E-state index is 12.8. The molecule has 2 aromatic heterocycles. The summed E-state index contributed by atoms with van der Waals surface area (Å²) in [5, 5.41) is 21.0. The molecule has 0 unspecified atom stereocenters. The SMILES string of the molecule is O=C(c1ccccc1)c1ccc2nc(Nc3cccc(O)c3)c3nncn3c2c1. The fourth-order valence-corrected chi connectivity index (χ4v) is 3.26. The van der Waals surface area contributed by atoms with E-state index in [1.165, 1.54) is 0 Å². The third-order valence-electron chi connectivity index (χ3n) is 4.63. The van der Waals surface area contributed by atoms with Gasteiger partial charge in [0.2, 0.25) is 5.65 Å². The summed E-state index contributed by atoms with van der Waals surface area (Å²) in [5.74, 6) is 0.593. The van der Waals surface area contributed by atoms with E-state index in [1.807, 2.05) is 24.3 Å². The number of nitrogens with zero attached hydrogens (tertiary/aromatic N) is 4. The Morgan fingerprint density at radius 2 is 1.79 bits per heavy atom. The van der Waals surface area contributed by atoms with Gasteiger partial charge in [0.05, 0.1) is 11.0 Å². The number of phenols is 1. The van der Waals surface area contributed by atoms with Gasteiger partial charge >= 0.3 is 0 Å². The van der Waals surface area contributed by atoms with E-state index in [2.05, 4.69) is 20.5 Å². The molecular weight excluding hydrogens is 366 g/mol. The van der Waals surface area contributed by atoms with Crippen LogP contribution in [-0.4, -0.2) is 30.5 Å². The zero-order valence-electron chi connectivity index (χ0n) is 15.1. The van der Waals surface area contributed by atoms with E-state index >= 15 is 0 Å². The minimum absolute atomic E-state index is 0.0595. The Morgan fingerprint density at radius 1 is 0.931 bits per heavy atom. The highest BCUT2D eigenvalue weighted by Crippen LogP contribution is 2.26. The quantitative estimate of drug-likeness (QED) is 0.458. The average molecular weight is 381 g/mol. The van der Waals surface area contributed by atoms with E-state index in [-0.39, 0.29) is 11.5 Å². The van der Waals surface area contributed by atoms with Crippen LogP contribution in [0.2, 0.25) is 0 Å². The van der Waals surface area contributed by atoms with E-state index in [1.54, 1.807) is 59.3 Å². The molecule has 0 radical (unpaired) electrons. The van der Waals surface area contributed by atoms with E-state index < -0.39 is 0 Å². The zero-order chi connectivity index (χ0) is 19.8. The summed E-state index contributed by atoms with van der Waals surface area (Å²) in [6.45, 7) is 0. The van der Waals surface area contributed by atoms with Crippen LogP contribution in [0.4, 0.5) is 11.5 Å². The Morgan fingerprint density at radius 3 is 2.62 bits per heavy atom. The van der Waals surface area contributed by atoms with Gasteiger partial charge in [-0.05, 0) is 30.3 Å². The van der Waals surface area contributed by atoms with Gasteiger partial charge in [-0.25, -0.2) is 4.98 Å². The molecule has 0 amide bonds. The van der Waals surface area contributed by atoms with Crippen LogP contribution in [0.5, 0.6) is 5.75 Å². The van der Waals surface area contributed by atoms with Gasteiger partial charge in [0.25, 0.3) is 0 Å². The number of phenolic OH excluding ortho intramolecular Hbond substituents is 1. The van der Waals surface area contributed by atoms with Gasteiger partial charge in [-0.2, -0.15) is 0 Å². The van der Waals surface area contributed by atoms with Crippen LogP contribution in [0.1, 0.15) is 15.9 Å². The van der Waals surface area contributed by atoms with Crippen molar-refractivity contribution in [2.24, 2.45) is 0 Å². The molecule has 5 rings (SSSR count). The topological polar surface area (TPSA) is 92.4 Å². The number of nitrogens with one attached hydrogen (secondary N) is 1. The fourth-order valence-electron chi connectivity index (χ4n) is 3.26. The lowest BCUT2D eigenvalue weighted by molar-refractivity contribution is 0.103. The molecule has 2 heterocycles. The van der Waals surface area contributed by atoms with Crippen LogP contribution in [-0.2, 0) is 0 Å². The van der Waals surface area contributed by atoms with E-state index in [4.69, 9.17) is 0 Å². The second kappa shape index (κ2) is 6.72. The lowest BCUT2D eigenvalue weighted by atomic mass is 10.0. The van der Waals surface area contributed by atoms with E-state index in [0.29, 0.717) is 33.8 Å². The van der Waals surface area contributed by atoms with Crippen molar-refractivity contribution in [3.8, 4) is 5.75 Å². The molecule has 0 bridgehead atoms. The zero-order valence-corrected chi connectivity index (χ0v) is 15.1. The molecular formula is C22H15N5O2. The average Bonchev–Trinajstić information content (AvgIpc) is 3.24. The summed E-state index contributed by atoms with van der Waals surface area (Å²) in [7, 11) is 0. The molecule has 0 aliphatic rings. The number of rotatable bonds is 4. The molecule has 29 heavy (non-hydrogen) atoms. The Hall–Kier alpha value is -4.26. The predicted octanol–water partition coefficient (Wildman–Crippen LogP) is 3.96. The number of aromatic hydroxyl groups is 1. The maximum Gasteiger partial charge on any atom is 0.204 e. The number of ketones is 1. The highest BCUT2D eigenvalue weighted by Gasteiger charge is 2.14. The van der Waals surface area contributed by atoms with Gasteiger partial charge in [-0.15, -0.1) is 10.2 Å². The van der Waals surface area contributed by atoms with Crippen molar-refractivity contribution in [2.45, 2.75) is 0 Å². The molecule has 0 spiro atoms. The number of hydrogen-bond acceptors (Lipinski definition) is 6. The fraction of sp³-hybridized carbons (Fsp3) is 0. The summed E-state index contributed by atoms with van der Waals surface area (Å²) in [6.07, 6.45) is 1.59. The minimum Gasteiger partial charge on any atom is -0.508 e. The molecule has 0 atom stereocenters. The van der Waals surface area contributed by atoms with Crippen LogP contribution >= 0.6 is 0 Å². The summed E-state index contributed by atoms with van der Waals surface area (Å²) >= 11 is 0. The lowest BCUT2D eigenvalue weighted by Gasteiger charge is -2.10. The van der Waals surface area contributed by atoms with Crippen molar-refractivity contribution < 1.29 is 9.90 Å². The molecule has 2 N–H and O–H groups in total. The maximum atomic E-state index is 12.8. The summed E-state index contributed by atoms with van der Waals surface area (Å²) < 4.78 is 1.79. The first-order chi connectivity index (χ1) is 14.2. The monoisotopic (exact) mass is 381 g/mol. The molecule has 0 saturated heterocycles. The van der Waals surface area contributed by atoms with Crippen LogP contribution in [0.3, 0.4) is 0 Å². The van der Waals surface area contributed by atoms with Gasteiger partial charge in [0.15, 0.2) is 11.6 Å². The van der Waals surface area contributed by atoms with E-state index in [0.717, 1.165) is 5.52 Å². The second-order valence-electron chi connectivity index (χ2n) is 6.56. The Kier molecular flexibility index (Phi) is 3.91. The number of aromatic nitrogens is 4. The van der Waals surface area contributed by atoms with Crippen molar-refractivity contribution >= 4 is 34.0 Å². The van der Waals surface area contributed by atoms with Gasteiger partial charge in [0, 0.05) is 22.9 Å². The summed E-state index contributed by atoms with van der Waals surface area (Å²) in [5.41, 5.74) is 3.80. The van der Waals surface area contributed by atoms with Gasteiger partial charge in [0.1, 0.15) is 12.1 Å². The Bertz CT molecular complexity index is 1360. The normalized spacial score (nSPS) is 11.0. The Labute approximate surface area is 165 Å². The molecule has 7 heteroatoms. The number of hydrogen-bond donors (Lipinski definition) is 2. The van der Waals surface area contributed by atoms with Crippen molar-refractivity contribution in [2.75, 3.05) is 5.32 Å². The molecule has 0 aliphatic carbocycles. The number of fused-ring (bicyclic) bond motifs is 3. The standard InChI is InChI=1S/C22H15N5O2/c28-17-8-4-7-16(12-17)24-21-22-26-23-13-27(22)19-11-15(9-10-18(19)25-21)20(29)14-5-2-1-3-6-14/h1-13,28H,(H,24,25). The number of carbonyl (C=O) groups excluding carboxylic acids is 1. The second-order valence-corrected chi connectivity index (χ2v) is 6.56. The number of anilines is 2. The van der Waals surface area contributed by atoms with E-state index in [9.17, 15) is 9.90 Å². The molecule has 3 aromatic carbocycles. The van der Waals surface area contributed by atoms with Gasteiger partial charge in [-0.1, -0.05) is 36.4 Å². The smallest absolute Gasteiger partial charge is 0.204 e. The molecule has 5 aromatic rings. The highest BCUT2D eigenvalue weighted by atomic mass is 16.3. The molecule has 140 valence electrons. The first-order valence-electron chi connectivity index (χ1n) is 8.98. The predicted molar refractivity (Wildman–Crippen MR) is 110 cm³/mol. The first-order valence-corrected chi connectivity index (χ1v) is 8.98. The van der Waals surface area contributed by atoms with Crippen LogP contribution in [0.15, 0.2) is 79.1 Å². The van der Waals surface area contributed by atoms with Gasteiger partial charge < -0.3 is 10.4 Å². The third-order valence-corrected chi connectivity index (χ3v) is 4.63. The third kappa shape index (κ3) is 3.04. The number of carbonyl (C=O) groups is 1. The van der Waals surface area contributed by atoms with Crippen molar-refractivity contribution in [3.05, 3.63) is 90.3 Å². The van der Waals surface area contributed by atoms with Crippen LogP contribution in [0.25, 0.3) is 16.7 Å². The van der Waals surface area contributed by atoms with Crippen molar-refractivity contribution in [3.63, 3.8) is 0 Å². The largest absolute Gasteiger partial charge is 0.508 e. The molecule has 0 aliphatic heterocycles. The Balaban J connectivity index is 1.62. The van der Waals surface area contributed by atoms with Crippen molar-refractivity contribution in [1.82, 2.24) is 19.6 Å². The first kappa shape index (κ1) is 16.9. The number of benzene rings is 3. The molecule has 0 saturated carbocycles. The van der Waals surface area contributed by atoms with Gasteiger partial charge in [-0.3, -0.25) is 9.20 Å². The lowest BCUT2D eigenvalue weighted by Crippen LogP contribution is -2.04. The van der Waals surface area contributed by atoms with Crippen LogP contribution < -0.4 is 5.32 Å². The molecule has 7 nitrogen and oxygen atoms in total. The highest BCUT2D eigenvalue weighted by molar-refractivity contribution is 6.10. The van der Waals surface area contributed by atoms with Crippen LogP contribution in [0, 0.1) is 0 Å².